The van der Waals surface area contributed by atoms with E-state index >= 15 is 0 Å². The van der Waals surface area contributed by atoms with Crippen molar-refractivity contribution in [1.82, 2.24) is 9.78 Å². The molecule has 0 unspecified atom stereocenters. The lowest BCUT2D eigenvalue weighted by Gasteiger charge is -2.21. The van der Waals surface area contributed by atoms with Crippen LogP contribution in [0.3, 0.4) is 0 Å². The van der Waals surface area contributed by atoms with Crippen LogP contribution in [-0.2, 0) is 16.9 Å². The third kappa shape index (κ3) is 5.47. The SMILES string of the molecule is CCOCCOc1ccc(COc2cnn(C(C)(C)C)c(=O)c2Cl)cc1. The lowest BCUT2D eigenvalue weighted by atomic mass is 10.1. The van der Waals surface area contributed by atoms with Crippen LogP contribution in [0, 0.1) is 0 Å². The molecule has 0 saturated carbocycles. The van der Waals surface area contributed by atoms with Crippen LogP contribution in [0.15, 0.2) is 35.3 Å². The summed E-state index contributed by atoms with van der Waals surface area (Å²) in [6, 6.07) is 7.52. The number of ether oxygens (including phenoxy) is 3. The largest absolute Gasteiger partial charge is 0.491 e. The molecule has 0 fully saturated rings. The molecule has 0 atom stereocenters. The van der Waals surface area contributed by atoms with E-state index in [1.54, 1.807) is 0 Å². The molecule has 0 N–H and O–H groups in total. The molecule has 1 heterocycles. The minimum Gasteiger partial charge on any atom is -0.491 e. The standard InChI is InChI=1S/C19H25ClN2O4/c1-5-24-10-11-25-15-8-6-14(7-9-15)13-26-16-12-21-22(19(2,3)4)18(23)17(16)20/h6-9,12H,5,10-11,13H2,1-4H3. The van der Waals surface area contributed by atoms with E-state index in [1.807, 2.05) is 52.0 Å². The van der Waals surface area contributed by atoms with Gasteiger partial charge in [0.2, 0.25) is 0 Å². The Labute approximate surface area is 158 Å². The molecule has 1 aromatic heterocycles. The predicted molar refractivity (Wildman–Crippen MR) is 101 cm³/mol. The zero-order valence-corrected chi connectivity index (χ0v) is 16.4. The highest BCUT2D eigenvalue weighted by Crippen LogP contribution is 2.22. The third-order valence-electron chi connectivity index (χ3n) is 3.54. The van der Waals surface area contributed by atoms with Gasteiger partial charge in [-0.05, 0) is 45.4 Å². The first-order chi connectivity index (χ1) is 12.3. The van der Waals surface area contributed by atoms with E-state index < -0.39 is 5.54 Å². The van der Waals surface area contributed by atoms with Gasteiger partial charge in [0.05, 0.1) is 18.3 Å². The second-order valence-electron chi connectivity index (χ2n) is 6.69. The van der Waals surface area contributed by atoms with Crippen molar-refractivity contribution in [3.8, 4) is 11.5 Å². The zero-order valence-electron chi connectivity index (χ0n) is 15.6. The molecule has 6 nitrogen and oxygen atoms in total. The minimum atomic E-state index is -0.447. The summed E-state index contributed by atoms with van der Waals surface area (Å²) < 4.78 is 17.8. The van der Waals surface area contributed by atoms with Crippen LogP contribution in [0.25, 0.3) is 0 Å². The molecule has 0 spiro atoms. The summed E-state index contributed by atoms with van der Waals surface area (Å²) in [7, 11) is 0. The summed E-state index contributed by atoms with van der Waals surface area (Å²) in [6.07, 6.45) is 1.47. The summed E-state index contributed by atoms with van der Waals surface area (Å²) in [5.41, 5.74) is 0.116. The van der Waals surface area contributed by atoms with Gasteiger partial charge in [0.15, 0.2) is 10.8 Å². The van der Waals surface area contributed by atoms with Crippen molar-refractivity contribution in [3.63, 3.8) is 0 Å². The maximum atomic E-state index is 12.3. The monoisotopic (exact) mass is 380 g/mol. The molecule has 0 aliphatic carbocycles. The van der Waals surface area contributed by atoms with Crippen LogP contribution in [0.4, 0.5) is 0 Å². The van der Waals surface area contributed by atoms with Crippen LogP contribution < -0.4 is 15.0 Å². The number of nitrogens with zero attached hydrogens (tertiary/aromatic N) is 2. The van der Waals surface area contributed by atoms with Gasteiger partial charge in [-0.2, -0.15) is 5.10 Å². The number of hydrogen-bond acceptors (Lipinski definition) is 5. The van der Waals surface area contributed by atoms with Gasteiger partial charge in [0.1, 0.15) is 19.0 Å². The van der Waals surface area contributed by atoms with Gasteiger partial charge in [0, 0.05) is 6.61 Å². The molecule has 1 aromatic carbocycles. The summed E-state index contributed by atoms with van der Waals surface area (Å²) in [6.45, 7) is 9.63. The Morgan fingerprint density at radius 2 is 1.81 bits per heavy atom. The number of rotatable bonds is 8. The summed E-state index contributed by atoms with van der Waals surface area (Å²) in [5, 5.41) is 4.18. The molecule has 0 amide bonds. The lowest BCUT2D eigenvalue weighted by Crippen LogP contribution is -2.36. The second kappa shape index (κ2) is 9.05. The fourth-order valence-electron chi connectivity index (χ4n) is 2.20. The first-order valence-electron chi connectivity index (χ1n) is 8.53. The molecule has 2 rings (SSSR count). The highest BCUT2D eigenvalue weighted by molar-refractivity contribution is 6.31. The average Bonchev–Trinajstić information content (AvgIpc) is 2.60. The Hall–Kier alpha value is -2.05. The Bertz CT molecular complexity index is 767. The van der Waals surface area contributed by atoms with Crippen molar-refractivity contribution < 1.29 is 14.2 Å². The van der Waals surface area contributed by atoms with E-state index in [-0.39, 0.29) is 22.9 Å². The number of aromatic nitrogens is 2. The van der Waals surface area contributed by atoms with Gasteiger partial charge < -0.3 is 14.2 Å². The quantitative estimate of drug-likeness (QED) is 0.654. The average molecular weight is 381 g/mol. The first kappa shape index (κ1) is 20.3. The Morgan fingerprint density at radius 1 is 1.12 bits per heavy atom. The number of halogens is 1. The van der Waals surface area contributed by atoms with Gasteiger partial charge in [-0.3, -0.25) is 4.79 Å². The van der Waals surface area contributed by atoms with Crippen LogP contribution in [0.2, 0.25) is 5.02 Å². The van der Waals surface area contributed by atoms with E-state index in [0.29, 0.717) is 19.8 Å². The van der Waals surface area contributed by atoms with Crippen molar-refractivity contribution in [2.75, 3.05) is 19.8 Å². The molecule has 0 radical (unpaired) electrons. The second-order valence-corrected chi connectivity index (χ2v) is 7.07. The van der Waals surface area contributed by atoms with Gasteiger partial charge >= 0.3 is 0 Å². The van der Waals surface area contributed by atoms with E-state index in [1.165, 1.54) is 10.9 Å². The fraction of sp³-hybridized carbons (Fsp3) is 0.474. The highest BCUT2D eigenvalue weighted by Gasteiger charge is 2.19. The third-order valence-corrected chi connectivity index (χ3v) is 3.89. The van der Waals surface area contributed by atoms with Crippen LogP contribution in [0.5, 0.6) is 11.5 Å². The maximum Gasteiger partial charge on any atom is 0.289 e. The molecule has 0 aliphatic rings. The summed E-state index contributed by atoms with van der Waals surface area (Å²) in [5.74, 6) is 1.04. The molecule has 0 bridgehead atoms. The molecule has 2 aromatic rings. The van der Waals surface area contributed by atoms with Gasteiger partial charge in [0.25, 0.3) is 5.56 Å². The molecular weight excluding hydrogens is 356 g/mol. The Morgan fingerprint density at radius 3 is 2.42 bits per heavy atom. The summed E-state index contributed by atoms with van der Waals surface area (Å²) in [4.78, 5) is 12.3. The molecule has 0 saturated heterocycles. The lowest BCUT2D eigenvalue weighted by molar-refractivity contribution is 0.110. The molecule has 0 aliphatic heterocycles. The van der Waals surface area contributed by atoms with Crippen molar-refractivity contribution in [1.29, 1.82) is 0 Å². The minimum absolute atomic E-state index is 0.0332. The molecule has 7 heteroatoms. The Balaban J connectivity index is 1.97. The van der Waals surface area contributed by atoms with E-state index in [0.717, 1.165) is 11.3 Å². The van der Waals surface area contributed by atoms with Gasteiger partial charge in [-0.25, -0.2) is 4.68 Å². The molecule has 142 valence electrons. The zero-order chi connectivity index (χ0) is 19.2. The first-order valence-corrected chi connectivity index (χ1v) is 8.91. The van der Waals surface area contributed by atoms with Crippen LogP contribution >= 0.6 is 11.6 Å². The van der Waals surface area contributed by atoms with Crippen molar-refractivity contribution >= 4 is 11.6 Å². The molecule has 26 heavy (non-hydrogen) atoms. The van der Waals surface area contributed by atoms with Crippen molar-refractivity contribution in [3.05, 3.63) is 51.4 Å². The van der Waals surface area contributed by atoms with Gasteiger partial charge in [-0.1, -0.05) is 23.7 Å². The Kier molecular flexibility index (Phi) is 7.06. The molecular formula is C19H25ClN2O4. The van der Waals surface area contributed by atoms with Crippen LogP contribution in [0.1, 0.15) is 33.3 Å². The predicted octanol–water partition coefficient (Wildman–Crippen LogP) is 3.65. The van der Waals surface area contributed by atoms with Crippen LogP contribution in [-0.4, -0.2) is 29.6 Å². The van der Waals surface area contributed by atoms with Crippen molar-refractivity contribution in [2.45, 2.75) is 39.8 Å². The smallest absolute Gasteiger partial charge is 0.289 e. The van der Waals surface area contributed by atoms with Crippen molar-refractivity contribution in [2.24, 2.45) is 0 Å². The number of hydrogen-bond donors (Lipinski definition) is 0. The fourth-order valence-corrected chi connectivity index (χ4v) is 2.39. The normalized spacial score (nSPS) is 11.4. The highest BCUT2D eigenvalue weighted by atomic mass is 35.5. The topological polar surface area (TPSA) is 62.6 Å². The number of benzene rings is 1. The van der Waals surface area contributed by atoms with E-state index in [4.69, 9.17) is 25.8 Å². The van der Waals surface area contributed by atoms with E-state index in [9.17, 15) is 4.79 Å². The summed E-state index contributed by atoms with van der Waals surface area (Å²) >= 11 is 6.15. The van der Waals surface area contributed by atoms with E-state index in [2.05, 4.69) is 5.10 Å². The maximum absolute atomic E-state index is 12.3. The van der Waals surface area contributed by atoms with Gasteiger partial charge in [-0.15, -0.1) is 0 Å².